The van der Waals surface area contributed by atoms with E-state index in [-0.39, 0.29) is 47.0 Å². The molecule has 1 aliphatic heterocycles. The third-order valence-corrected chi connectivity index (χ3v) is 5.56. The number of aromatic nitrogens is 6. The van der Waals surface area contributed by atoms with Gasteiger partial charge in [0.2, 0.25) is 5.91 Å². The van der Waals surface area contributed by atoms with Crippen LogP contribution in [0, 0.1) is 18.6 Å². The van der Waals surface area contributed by atoms with E-state index in [0.717, 1.165) is 0 Å². The first-order valence-corrected chi connectivity index (χ1v) is 9.79. The quantitative estimate of drug-likeness (QED) is 0.506. The molecule has 0 aliphatic carbocycles. The van der Waals surface area contributed by atoms with Crippen molar-refractivity contribution in [2.24, 2.45) is 0 Å². The maximum absolute atomic E-state index is 14.4. The smallest absolute Gasteiger partial charge is 0.235 e. The van der Waals surface area contributed by atoms with E-state index in [0.29, 0.717) is 16.6 Å². The molecule has 0 radical (unpaired) electrons. The van der Waals surface area contributed by atoms with Gasteiger partial charge in [0.05, 0.1) is 34.3 Å². The maximum atomic E-state index is 14.4. The van der Waals surface area contributed by atoms with Gasteiger partial charge < -0.3 is 11.1 Å². The number of rotatable bonds is 3. The van der Waals surface area contributed by atoms with Gasteiger partial charge in [0.25, 0.3) is 0 Å². The van der Waals surface area contributed by atoms with Crippen LogP contribution >= 0.6 is 0 Å². The topological polar surface area (TPSA) is 124 Å². The lowest BCUT2D eigenvalue weighted by Crippen LogP contribution is -2.27. The maximum Gasteiger partial charge on any atom is 0.235 e. The van der Waals surface area contributed by atoms with Gasteiger partial charge in [-0.05, 0) is 39.0 Å². The molecule has 3 N–H and O–H groups in total. The van der Waals surface area contributed by atoms with Crippen molar-refractivity contribution in [2.45, 2.75) is 32.7 Å². The number of nitrogens with zero attached hydrogens (tertiary/aromatic N) is 6. The first-order valence-electron chi connectivity index (χ1n) is 9.79. The summed E-state index contributed by atoms with van der Waals surface area (Å²) in [5.74, 6) is -0.802. The summed E-state index contributed by atoms with van der Waals surface area (Å²) >= 11 is 0. The number of fused-ring (bicyclic) bond motifs is 2. The predicted octanol–water partition coefficient (Wildman–Crippen LogP) is 2.73. The monoisotopic (exact) mass is 436 g/mol. The molecule has 0 fully saturated rings. The Morgan fingerprint density at radius 2 is 1.97 bits per heavy atom. The van der Waals surface area contributed by atoms with Gasteiger partial charge in [-0.25, -0.2) is 28.4 Å². The number of pyridine rings is 2. The Labute approximate surface area is 180 Å². The molecule has 32 heavy (non-hydrogen) atoms. The van der Waals surface area contributed by atoms with E-state index in [2.05, 4.69) is 30.4 Å². The second kappa shape index (κ2) is 6.74. The number of nitrogens with one attached hydrogen (secondary N) is 1. The molecular weight excluding hydrogens is 418 g/mol. The Kier molecular flexibility index (Phi) is 4.19. The van der Waals surface area contributed by atoms with Crippen molar-refractivity contribution in [3.63, 3.8) is 0 Å². The average Bonchev–Trinajstić information content (AvgIpc) is 3.18. The number of carbonyl (C=O) groups excluding carboxylic acids is 1. The fourth-order valence-corrected chi connectivity index (χ4v) is 3.78. The largest absolute Gasteiger partial charge is 0.383 e. The van der Waals surface area contributed by atoms with Gasteiger partial charge in [-0.1, -0.05) is 0 Å². The summed E-state index contributed by atoms with van der Waals surface area (Å²) < 4.78 is 30.0. The van der Waals surface area contributed by atoms with Gasteiger partial charge in [-0.15, -0.1) is 0 Å². The van der Waals surface area contributed by atoms with Crippen molar-refractivity contribution in [3.8, 4) is 11.5 Å². The Morgan fingerprint density at radius 1 is 1.19 bits per heavy atom. The second-order valence-electron chi connectivity index (χ2n) is 8.10. The van der Waals surface area contributed by atoms with Crippen LogP contribution in [-0.2, 0) is 16.8 Å². The van der Waals surface area contributed by atoms with Crippen LogP contribution in [-0.4, -0.2) is 35.6 Å². The van der Waals surface area contributed by atoms with Crippen molar-refractivity contribution in [3.05, 3.63) is 53.0 Å². The van der Waals surface area contributed by atoms with Crippen LogP contribution < -0.4 is 11.1 Å². The van der Waals surface area contributed by atoms with Crippen molar-refractivity contribution < 1.29 is 13.6 Å². The number of hydrogen-bond acceptors (Lipinski definition) is 7. The molecule has 1 amide bonds. The Morgan fingerprint density at radius 3 is 2.72 bits per heavy atom. The summed E-state index contributed by atoms with van der Waals surface area (Å²) in [4.78, 5) is 29.5. The van der Waals surface area contributed by atoms with Gasteiger partial charge in [0.15, 0.2) is 11.5 Å². The van der Waals surface area contributed by atoms with Crippen LogP contribution in [0.2, 0.25) is 0 Å². The van der Waals surface area contributed by atoms with Crippen molar-refractivity contribution in [1.82, 2.24) is 29.7 Å². The molecule has 4 aromatic rings. The fraction of sp³-hybridized carbons (Fsp3) is 0.238. The van der Waals surface area contributed by atoms with Gasteiger partial charge >= 0.3 is 0 Å². The molecule has 0 aromatic carbocycles. The van der Waals surface area contributed by atoms with Crippen LogP contribution in [0.5, 0.6) is 0 Å². The number of halogens is 2. The molecule has 5 heterocycles. The lowest BCUT2D eigenvalue weighted by molar-refractivity contribution is -0.119. The molecule has 4 aromatic heterocycles. The van der Waals surface area contributed by atoms with Gasteiger partial charge in [-0.3, -0.25) is 9.78 Å². The highest BCUT2D eigenvalue weighted by Gasteiger charge is 2.42. The molecule has 11 heteroatoms. The Hall–Kier alpha value is -4.02. The van der Waals surface area contributed by atoms with Crippen molar-refractivity contribution in [2.75, 3.05) is 11.1 Å². The van der Waals surface area contributed by atoms with E-state index in [4.69, 9.17) is 5.73 Å². The SMILES string of the molecule is Cc1nc2c(cc1F)c(-c1nc(N)c3c(n1)NC(=O)C3(C)C)nn2Cc1ncccc1F. The second-order valence-corrected chi connectivity index (χ2v) is 8.10. The predicted molar refractivity (Wildman–Crippen MR) is 113 cm³/mol. The third kappa shape index (κ3) is 2.88. The van der Waals surface area contributed by atoms with Crippen molar-refractivity contribution in [1.29, 1.82) is 0 Å². The van der Waals surface area contributed by atoms with Crippen molar-refractivity contribution >= 4 is 28.6 Å². The number of anilines is 2. The van der Waals surface area contributed by atoms with Crippen LogP contribution in [0.25, 0.3) is 22.6 Å². The zero-order chi connectivity index (χ0) is 22.8. The molecular formula is C21H18F2N8O. The molecule has 0 saturated heterocycles. The standard InChI is InChI=1S/C21H18F2N8O/c1-9-12(23)7-10-15(18-27-16(24)14-17(28-18)29-20(32)21(14,2)3)30-31(19(10)26-9)8-13-11(22)5-4-6-25-13/h4-7H,8H2,1-3H3,(H3,24,27,28,29,32). The number of aryl methyl sites for hydroxylation is 1. The first-order chi connectivity index (χ1) is 15.2. The molecule has 0 bridgehead atoms. The van der Waals surface area contributed by atoms with E-state index in [1.807, 2.05) is 0 Å². The number of amides is 1. The highest BCUT2D eigenvalue weighted by Crippen LogP contribution is 2.40. The Balaban J connectivity index is 1.71. The highest BCUT2D eigenvalue weighted by atomic mass is 19.1. The first kappa shape index (κ1) is 19.9. The molecule has 162 valence electrons. The summed E-state index contributed by atoms with van der Waals surface area (Å²) in [6, 6.07) is 4.06. The lowest BCUT2D eigenvalue weighted by atomic mass is 9.87. The minimum Gasteiger partial charge on any atom is -0.383 e. The molecule has 1 aliphatic rings. The number of hydrogen-bond donors (Lipinski definition) is 2. The highest BCUT2D eigenvalue weighted by molar-refractivity contribution is 6.06. The number of nitrogen functional groups attached to an aromatic ring is 1. The zero-order valence-corrected chi connectivity index (χ0v) is 17.4. The summed E-state index contributed by atoms with van der Waals surface area (Å²) in [5, 5.41) is 7.52. The molecule has 5 rings (SSSR count). The van der Waals surface area contributed by atoms with E-state index in [9.17, 15) is 13.6 Å². The number of carbonyl (C=O) groups is 1. The minimum absolute atomic E-state index is 0.0363. The minimum atomic E-state index is -0.888. The summed E-state index contributed by atoms with van der Waals surface area (Å²) in [6.07, 6.45) is 1.47. The molecule has 0 spiro atoms. The van der Waals surface area contributed by atoms with E-state index >= 15 is 0 Å². The third-order valence-electron chi connectivity index (χ3n) is 5.56. The van der Waals surface area contributed by atoms with E-state index < -0.39 is 17.0 Å². The Bertz CT molecular complexity index is 1430. The van der Waals surface area contributed by atoms with Crippen LogP contribution in [0.3, 0.4) is 0 Å². The summed E-state index contributed by atoms with van der Waals surface area (Å²) in [7, 11) is 0. The normalized spacial score (nSPS) is 14.6. The van der Waals surface area contributed by atoms with Crippen LogP contribution in [0.1, 0.15) is 30.8 Å². The van der Waals surface area contributed by atoms with Gasteiger partial charge in [0, 0.05) is 6.20 Å². The molecule has 9 nitrogen and oxygen atoms in total. The van der Waals surface area contributed by atoms with E-state index in [1.54, 1.807) is 13.8 Å². The summed E-state index contributed by atoms with van der Waals surface area (Å²) in [5.41, 5.74) is 6.60. The van der Waals surface area contributed by atoms with Gasteiger partial charge in [-0.2, -0.15) is 5.10 Å². The van der Waals surface area contributed by atoms with Crippen LogP contribution in [0.15, 0.2) is 24.4 Å². The molecule has 0 atom stereocenters. The lowest BCUT2D eigenvalue weighted by Gasteiger charge is -2.15. The molecule has 0 saturated carbocycles. The summed E-state index contributed by atoms with van der Waals surface area (Å²) in [6.45, 7) is 4.93. The molecule has 0 unspecified atom stereocenters. The van der Waals surface area contributed by atoms with E-state index in [1.165, 1.54) is 36.0 Å². The fourth-order valence-electron chi connectivity index (χ4n) is 3.78. The average molecular weight is 436 g/mol. The van der Waals surface area contributed by atoms with Gasteiger partial charge in [0.1, 0.15) is 29.0 Å². The zero-order valence-electron chi connectivity index (χ0n) is 17.4. The number of nitrogens with two attached hydrogens (primary N) is 1. The van der Waals surface area contributed by atoms with Crippen LogP contribution in [0.4, 0.5) is 20.4 Å².